The minimum Gasteiger partial charge on any atom is -0.326 e. The minimum absolute atomic E-state index is 0.0366. The number of nitrogens with two attached hydrogens (primary N) is 1. The van der Waals surface area contributed by atoms with E-state index < -0.39 is 0 Å². The van der Waals surface area contributed by atoms with Gasteiger partial charge in [0.1, 0.15) is 12.4 Å². The lowest BCUT2D eigenvalue weighted by Crippen LogP contribution is -2.36. The fourth-order valence-corrected chi connectivity index (χ4v) is 2.69. The lowest BCUT2D eigenvalue weighted by molar-refractivity contribution is -0.115. The quantitative estimate of drug-likeness (QED) is 0.862. The van der Waals surface area contributed by atoms with Crippen molar-refractivity contribution in [3.8, 4) is 0 Å². The summed E-state index contributed by atoms with van der Waals surface area (Å²) in [6.07, 6.45) is 0. The highest BCUT2D eigenvalue weighted by Gasteiger charge is 2.27. The number of nitrogens with zero attached hydrogens (tertiary/aromatic N) is 3. The predicted octanol–water partition coefficient (Wildman–Crippen LogP) is 1.28. The largest absolute Gasteiger partial charge is 0.326 e. The van der Waals surface area contributed by atoms with E-state index in [0.29, 0.717) is 6.54 Å². The summed E-state index contributed by atoms with van der Waals surface area (Å²) >= 11 is 0. The molecule has 6 heteroatoms. The van der Waals surface area contributed by atoms with Gasteiger partial charge in [-0.15, -0.1) is 0 Å². The molecule has 1 aromatic carbocycles. The molecule has 1 amide bonds. The van der Waals surface area contributed by atoms with E-state index in [9.17, 15) is 4.79 Å². The molecule has 104 valence electrons. The van der Waals surface area contributed by atoms with Crippen molar-refractivity contribution in [2.75, 3.05) is 16.8 Å². The summed E-state index contributed by atoms with van der Waals surface area (Å²) in [6.45, 7) is 2.60. The molecule has 1 aromatic heterocycles. The second kappa shape index (κ2) is 4.64. The summed E-state index contributed by atoms with van der Waals surface area (Å²) in [5.74, 6) is 0.845. The Morgan fingerprint density at radius 3 is 2.90 bits per heavy atom. The summed E-state index contributed by atoms with van der Waals surface area (Å²) in [7, 11) is 1.87. The normalized spacial score (nSPS) is 14.2. The number of hydrogen-bond donors (Lipinski definition) is 2. The van der Waals surface area contributed by atoms with Crippen LogP contribution in [0.1, 0.15) is 11.3 Å². The van der Waals surface area contributed by atoms with Crippen molar-refractivity contribution in [3.05, 3.63) is 35.5 Å². The predicted molar refractivity (Wildman–Crippen MR) is 77.9 cm³/mol. The van der Waals surface area contributed by atoms with Gasteiger partial charge in [0.15, 0.2) is 0 Å². The molecule has 0 atom stereocenters. The van der Waals surface area contributed by atoms with E-state index in [-0.39, 0.29) is 12.5 Å². The highest BCUT2D eigenvalue weighted by molar-refractivity contribution is 6.03. The van der Waals surface area contributed by atoms with Gasteiger partial charge in [-0.05, 0) is 19.1 Å². The number of nitrogens with one attached hydrogen (secondary N) is 1. The first kappa shape index (κ1) is 12.7. The third-order valence-electron chi connectivity index (χ3n) is 3.54. The molecule has 0 fully saturated rings. The number of aryl methyl sites for hydroxylation is 2. The van der Waals surface area contributed by atoms with Crippen molar-refractivity contribution < 1.29 is 4.79 Å². The lowest BCUT2D eigenvalue weighted by Gasteiger charge is -2.31. The van der Waals surface area contributed by atoms with E-state index in [2.05, 4.69) is 10.4 Å². The summed E-state index contributed by atoms with van der Waals surface area (Å²) in [4.78, 5) is 13.9. The number of benzene rings is 1. The molecule has 0 radical (unpaired) electrons. The number of aromatic nitrogens is 2. The Labute approximate surface area is 117 Å². The topological polar surface area (TPSA) is 76.2 Å². The van der Waals surface area contributed by atoms with Gasteiger partial charge in [0.2, 0.25) is 5.91 Å². The van der Waals surface area contributed by atoms with Crippen LogP contribution in [0, 0.1) is 6.92 Å². The van der Waals surface area contributed by atoms with E-state index in [1.807, 2.05) is 43.1 Å². The molecule has 6 nitrogen and oxygen atoms in total. The average Bonchev–Trinajstić information content (AvgIpc) is 2.71. The van der Waals surface area contributed by atoms with Gasteiger partial charge in [0, 0.05) is 19.2 Å². The zero-order valence-corrected chi connectivity index (χ0v) is 11.6. The van der Waals surface area contributed by atoms with Crippen LogP contribution in [0.3, 0.4) is 0 Å². The SMILES string of the molecule is Cc1nn(C)c(N2CC(=O)Nc3ccccc32)c1CN. The second-order valence-corrected chi connectivity index (χ2v) is 4.87. The number of amides is 1. The summed E-state index contributed by atoms with van der Waals surface area (Å²) < 4.78 is 1.78. The van der Waals surface area contributed by atoms with Crippen molar-refractivity contribution in [2.45, 2.75) is 13.5 Å². The van der Waals surface area contributed by atoms with Crippen LogP contribution in [-0.2, 0) is 18.4 Å². The molecule has 0 unspecified atom stereocenters. The summed E-state index contributed by atoms with van der Waals surface area (Å²) in [5.41, 5.74) is 9.49. The van der Waals surface area contributed by atoms with Crippen molar-refractivity contribution >= 4 is 23.1 Å². The van der Waals surface area contributed by atoms with Crippen LogP contribution < -0.4 is 16.0 Å². The second-order valence-electron chi connectivity index (χ2n) is 4.87. The molecule has 0 aliphatic carbocycles. The zero-order chi connectivity index (χ0) is 14.3. The van der Waals surface area contributed by atoms with Gasteiger partial charge in [-0.25, -0.2) is 0 Å². The Kier molecular flexibility index (Phi) is 2.94. The van der Waals surface area contributed by atoms with Crippen LogP contribution in [0.25, 0.3) is 0 Å². The third kappa shape index (κ3) is 1.85. The Morgan fingerprint density at radius 1 is 1.40 bits per heavy atom. The van der Waals surface area contributed by atoms with Gasteiger partial charge in [-0.1, -0.05) is 12.1 Å². The molecule has 0 bridgehead atoms. The van der Waals surface area contributed by atoms with Crippen LogP contribution in [0.4, 0.5) is 17.2 Å². The average molecular weight is 271 g/mol. The smallest absolute Gasteiger partial charge is 0.244 e. The minimum atomic E-state index is -0.0366. The maximum absolute atomic E-state index is 11.9. The van der Waals surface area contributed by atoms with E-state index in [0.717, 1.165) is 28.5 Å². The lowest BCUT2D eigenvalue weighted by atomic mass is 10.1. The monoisotopic (exact) mass is 271 g/mol. The van der Waals surface area contributed by atoms with Crippen LogP contribution in [0.15, 0.2) is 24.3 Å². The molecule has 3 N–H and O–H groups in total. The Balaban J connectivity index is 2.18. The number of fused-ring (bicyclic) bond motifs is 1. The van der Waals surface area contributed by atoms with Crippen molar-refractivity contribution in [3.63, 3.8) is 0 Å². The number of carbonyl (C=O) groups is 1. The third-order valence-corrected chi connectivity index (χ3v) is 3.54. The van der Waals surface area contributed by atoms with E-state index in [4.69, 9.17) is 5.73 Å². The molecule has 2 heterocycles. The van der Waals surface area contributed by atoms with E-state index >= 15 is 0 Å². The molecule has 1 aliphatic heterocycles. The number of rotatable bonds is 2. The van der Waals surface area contributed by atoms with Crippen molar-refractivity contribution in [1.29, 1.82) is 0 Å². The number of carbonyl (C=O) groups excluding carboxylic acids is 1. The first-order chi connectivity index (χ1) is 9.61. The van der Waals surface area contributed by atoms with Crippen LogP contribution >= 0.6 is 0 Å². The zero-order valence-electron chi connectivity index (χ0n) is 11.6. The van der Waals surface area contributed by atoms with E-state index in [1.165, 1.54) is 0 Å². The van der Waals surface area contributed by atoms with Gasteiger partial charge < -0.3 is 16.0 Å². The van der Waals surface area contributed by atoms with Crippen molar-refractivity contribution in [2.24, 2.45) is 12.8 Å². The van der Waals surface area contributed by atoms with Crippen molar-refractivity contribution in [1.82, 2.24) is 9.78 Å². The van der Waals surface area contributed by atoms with E-state index in [1.54, 1.807) is 4.68 Å². The van der Waals surface area contributed by atoms with Crippen LogP contribution in [0.2, 0.25) is 0 Å². The molecule has 2 aromatic rings. The van der Waals surface area contributed by atoms with Gasteiger partial charge in [-0.3, -0.25) is 9.48 Å². The highest BCUT2D eigenvalue weighted by atomic mass is 16.2. The van der Waals surface area contributed by atoms with Gasteiger partial charge >= 0.3 is 0 Å². The summed E-state index contributed by atoms with van der Waals surface area (Å²) in [6, 6.07) is 7.73. The number of anilines is 3. The fraction of sp³-hybridized carbons (Fsp3) is 0.286. The number of para-hydroxylation sites is 2. The van der Waals surface area contributed by atoms with Crippen LogP contribution in [-0.4, -0.2) is 22.2 Å². The van der Waals surface area contributed by atoms with Gasteiger partial charge in [0.05, 0.1) is 17.1 Å². The molecular formula is C14H17N5O. The molecule has 0 saturated carbocycles. The molecular weight excluding hydrogens is 254 g/mol. The molecule has 20 heavy (non-hydrogen) atoms. The molecule has 3 rings (SSSR count). The van der Waals surface area contributed by atoms with Crippen LogP contribution in [0.5, 0.6) is 0 Å². The first-order valence-electron chi connectivity index (χ1n) is 6.50. The van der Waals surface area contributed by atoms with Gasteiger partial charge in [-0.2, -0.15) is 5.10 Å². The Bertz CT molecular complexity index is 676. The Morgan fingerprint density at radius 2 is 2.15 bits per heavy atom. The molecule has 0 spiro atoms. The molecule has 1 aliphatic rings. The maximum atomic E-state index is 11.9. The molecule has 0 saturated heterocycles. The first-order valence-corrected chi connectivity index (χ1v) is 6.50. The fourth-order valence-electron chi connectivity index (χ4n) is 2.69. The standard InChI is InChI=1S/C14H17N5O/c1-9-10(7-15)14(18(2)17-9)19-8-13(20)16-11-5-3-4-6-12(11)19/h3-6H,7-8,15H2,1-2H3,(H,16,20). The summed E-state index contributed by atoms with van der Waals surface area (Å²) in [5, 5.41) is 7.30. The number of hydrogen-bond acceptors (Lipinski definition) is 4. The maximum Gasteiger partial charge on any atom is 0.244 e. The Hall–Kier alpha value is -2.34. The van der Waals surface area contributed by atoms with Gasteiger partial charge in [0.25, 0.3) is 0 Å². The highest BCUT2D eigenvalue weighted by Crippen LogP contribution is 2.36.